The summed E-state index contributed by atoms with van der Waals surface area (Å²) in [6, 6.07) is 15.3. The molecule has 0 aromatic heterocycles. The molecule has 20 heavy (non-hydrogen) atoms. The molecule has 4 heteroatoms. The van der Waals surface area contributed by atoms with Crippen LogP contribution in [0.25, 0.3) is 0 Å². The van der Waals surface area contributed by atoms with Gasteiger partial charge in [0.25, 0.3) is 0 Å². The van der Waals surface area contributed by atoms with Gasteiger partial charge in [0.1, 0.15) is 0 Å². The van der Waals surface area contributed by atoms with Gasteiger partial charge < -0.3 is 9.84 Å². The average Bonchev–Trinajstić information content (AvgIpc) is 2.48. The van der Waals surface area contributed by atoms with Gasteiger partial charge in [-0.2, -0.15) is 5.48 Å². The van der Waals surface area contributed by atoms with E-state index in [1.165, 1.54) is 0 Å². The van der Waals surface area contributed by atoms with Crippen LogP contribution in [0.5, 0.6) is 11.5 Å². The molecule has 0 fully saturated rings. The molecule has 0 amide bonds. The first kappa shape index (κ1) is 14.4. The van der Waals surface area contributed by atoms with Gasteiger partial charge in [-0.1, -0.05) is 42.5 Å². The summed E-state index contributed by atoms with van der Waals surface area (Å²) in [5, 5.41) is 10.0. The van der Waals surface area contributed by atoms with Crippen molar-refractivity contribution in [2.75, 3.05) is 6.61 Å². The fourth-order valence-electron chi connectivity index (χ4n) is 1.82. The highest BCUT2D eigenvalue weighted by molar-refractivity contribution is 5.45. The molecule has 0 saturated carbocycles. The molecule has 0 atom stereocenters. The molecule has 0 heterocycles. The Morgan fingerprint density at radius 3 is 2.60 bits per heavy atom. The first-order valence-corrected chi connectivity index (χ1v) is 6.63. The molecular weight excluding hydrogens is 254 g/mol. The minimum absolute atomic E-state index is 0.158. The van der Waals surface area contributed by atoms with Gasteiger partial charge in [-0.3, -0.25) is 4.84 Å². The van der Waals surface area contributed by atoms with E-state index in [2.05, 4.69) is 5.48 Å². The second-order valence-corrected chi connectivity index (χ2v) is 4.29. The zero-order chi connectivity index (χ0) is 14.2. The van der Waals surface area contributed by atoms with Gasteiger partial charge in [0.15, 0.2) is 11.5 Å². The van der Waals surface area contributed by atoms with Crippen LogP contribution in [0.3, 0.4) is 0 Å². The topological polar surface area (TPSA) is 50.7 Å². The summed E-state index contributed by atoms with van der Waals surface area (Å²) in [4.78, 5) is 5.38. The number of nitrogens with one attached hydrogen (secondary N) is 1. The van der Waals surface area contributed by atoms with E-state index in [0.717, 1.165) is 11.1 Å². The summed E-state index contributed by atoms with van der Waals surface area (Å²) >= 11 is 0. The molecule has 2 rings (SSSR count). The maximum atomic E-state index is 10.0. The molecular formula is C16H19NO3. The molecule has 0 radical (unpaired) electrons. The molecule has 4 nitrogen and oxygen atoms in total. The number of hydroxylamine groups is 1. The van der Waals surface area contributed by atoms with Crippen molar-refractivity contribution in [3.63, 3.8) is 0 Å². The normalized spacial score (nSPS) is 10.4. The predicted octanol–water partition coefficient (Wildman–Crippen LogP) is 3.01. The first-order valence-electron chi connectivity index (χ1n) is 6.63. The highest BCUT2D eigenvalue weighted by Crippen LogP contribution is 2.29. The van der Waals surface area contributed by atoms with Crippen molar-refractivity contribution in [3.05, 3.63) is 59.7 Å². The van der Waals surface area contributed by atoms with Crippen molar-refractivity contribution < 1.29 is 14.7 Å². The largest absolute Gasteiger partial charge is 0.504 e. The Bertz CT molecular complexity index is 529. The Morgan fingerprint density at radius 1 is 1.05 bits per heavy atom. The monoisotopic (exact) mass is 273 g/mol. The summed E-state index contributed by atoms with van der Waals surface area (Å²) in [5.74, 6) is 0.653. The summed E-state index contributed by atoms with van der Waals surface area (Å²) in [6.07, 6.45) is 0. The third-order valence-corrected chi connectivity index (χ3v) is 2.83. The molecule has 106 valence electrons. The van der Waals surface area contributed by atoms with Gasteiger partial charge in [0, 0.05) is 12.1 Å². The second kappa shape index (κ2) is 7.53. The molecule has 0 spiro atoms. The van der Waals surface area contributed by atoms with Crippen LogP contribution < -0.4 is 10.2 Å². The molecule has 0 aliphatic heterocycles. The van der Waals surface area contributed by atoms with E-state index in [9.17, 15) is 5.11 Å². The number of benzene rings is 2. The van der Waals surface area contributed by atoms with Crippen molar-refractivity contribution in [1.82, 2.24) is 5.48 Å². The fourth-order valence-corrected chi connectivity index (χ4v) is 1.82. The van der Waals surface area contributed by atoms with Crippen LogP contribution in [0.4, 0.5) is 0 Å². The van der Waals surface area contributed by atoms with Crippen LogP contribution in [-0.4, -0.2) is 11.7 Å². The Morgan fingerprint density at radius 2 is 1.85 bits per heavy atom. The van der Waals surface area contributed by atoms with Crippen LogP contribution in [0.2, 0.25) is 0 Å². The van der Waals surface area contributed by atoms with Crippen LogP contribution in [-0.2, 0) is 18.0 Å². The number of hydrogen-bond donors (Lipinski definition) is 2. The van der Waals surface area contributed by atoms with E-state index in [4.69, 9.17) is 9.57 Å². The van der Waals surface area contributed by atoms with Gasteiger partial charge in [-0.05, 0) is 18.6 Å². The predicted molar refractivity (Wildman–Crippen MR) is 77.3 cm³/mol. The molecule has 0 unspecified atom stereocenters. The van der Waals surface area contributed by atoms with Crippen LogP contribution in [0.15, 0.2) is 48.5 Å². The van der Waals surface area contributed by atoms with E-state index in [1.54, 1.807) is 6.07 Å². The molecule has 2 aromatic rings. The third-order valence-electron chi connectivity index (χ3n) is 2.83. The quantitative estimate of drug-likeness (QED) is 0.601. The Hall–Kier alpha value is -2.04. The number of phenolic OH excluding ortho intramolecular Hbond substituents is 1. The zero-order valence-corrected chi connectivity index (χ0v) is 11.5. The maximum Gasteiger partial charge on any atom is 0.162 e. The summed E-state index contributed by atoms with van der Waals surface area (Å²) in [6.45, 7) is 3.30. The summed E-state index contributed by atoms with van der Waals surface area (Å²) < 4.78 is 5.33. The van der Waals surface area contributed by atoms with Gasteiger partial charge >= 0.3 is 0 Å². The SMILES string of the molecule is CCOc1cccc(CNOCc2ccccc2)c1O. The standard InChI is InChI=1S/C16H19NO3/c1-2-19-15-10-6-9-14(16(15)18)11-17-20-12-13-7-4-3-5-8-13/h3-10,17-18H,2,11-12H2,1H3. The number of rotatable bonds is 7. The Balaban J connectivity index is 1.83. The van der Waals surface area contributed by atoms with E-state index in [0.29, 0.717) is 25.5 Å². The Kier molecular flexibility index (Phi) is 5.41. The summed E-state index contributed by atoms with van der Waals surface area (Å²) in [7, 11) is 0. The average molecular weight is 273 g/mol. The van der Waals surface area contributed by atoms with Gasteiger partial charge in [-0.15, -0.1) is 0 Å². The van der Waals surface area contributed by atoms with Crippen molar-refractivity contribution in [3.8, 4) is 11.5 Å². The van der Waals surface area contributed by atoms with Crippen LogP contribution in [0, 0.1) is 0 Å². The minimum Gasteiger partial charge on any atom is -0.504 e. The van der Waals surface area contributed by atoms with Gasteiger partial charge in [0.05, 0.1) is 13.2 Å². The Labute approximate surface area is 118 Å². The van der Waals surface area contributed by atoms with Gasteiger partial charge in [0.2, 0.25) is 0 Å². The van der Waals surface area contributed by atoms with Crippen molar-refractivity contribution in [1.29, 1.82) is 0 Å². The van der Waals surface area contributed by atoms with E-state index in [1.807, 2.05) is 49.4 Å². The third kappa shape index (κ3) is 3.98. The maximum absolute atomic E-state index is 10.0. The molecule has 0 aliphatic carbocycles. The second-order valence-electron chi connectivity index (χ2n) is 4.29. The molecule has 0 aliphatic rings. The molecule has 0 bridgehead atoms. The zero-order valence-electron chi connectivity index (χ0n) is 11.5. The minimum atomic E-state index is 0.158. The number of ether oxygens (including phenoxy) is 1. The number of hydrogen-bond acceptors (Lipinski definition) is 4. The lowest BCUT2D eigenvalue weighted by Crippen LogP contribution is -2.14. The highest BCUT2D eigenvalue weighted by Gasteiger charge is 2.07. The van der Waals surface area contributed by atoms with Crippen molar-refractivity contribution in [2.24, 2.45) is 0 Å². The van der Waals surface area contributed by atoms with Gasteiger partial charge in [-0.25, -0.2) is 0 Å². The molecule has 2 aromatic carbocycles. The lowest BCUT2D eigenvalue weighted by Gasteiger charge is -2.11. The number of phenols is 1. The highest BCUT2D eigenvalue weighted by atomic mass is 16.6. The molecule has 2 N–H and O–H groups in total. The smallest absolute Gasteiger partial charge is 0.162 e. The fraction of sp³-hybridized carbons (Fsp3) is 0.250. The number of para-hydroxylation sites is 1. The van der Waals surface area contributed by atoms with Crippen LogP contribution >= 0.6 is 0 Å². The van der Waals surface area contributed by atoms with Crippen LogP contribution in [0.1, 0.15) is 18.1 Å². The van der Waals surface area contributed by atoms with E-state index >= 15 is 0 Å². The first-order chi connectivity index (χ1) is 9.81. The van der Waals surface area contributed by atoms with E-state index in [-0.39, 0.29) is 5.75 Å². The van der Waals surface area contributed by atoms with E-state index < -0.39 is 0 Å². The molecule has 0 saturated heterocycles. The summed E-state index contributed by atoms with van der Waals surface area (Å²) in [5.41, 5.74) is 4.67. The van der Waals surface area contributed by atoms with Crippen molar-refractivity contribution in [2.45, 2.75) is 20.1 Å². The number of aromatic hydroxyl groups is 1. The lowest BCUT2D eigenvalue weighted by molar-refractivity contribution is 0.0231. The van der Waals surface area contributed by atoms with Crippen molar-refractivity contribution >= 4 is 0 Å². The lowest BCUT2D eigenvalue weighted by atomic mass is 10.2.